The number of hydrogen-bond donors (Lipinski definition) is 1. The Balaban J connectivity index is 1.62. The fourth-order valence-corrected chi connectivity index (χ4v) is 3.31. The molecule has 1 aliphatic heterocycles. The summed E-state index contributed by atoms with van der Waals surface area (Å²) < 4.78 is 7.96. The third-order valence-corrected chi connectivity index (χ3v) is 4.69. The van der Waals surface area contributed by atoms with Gasteiger partial charge in [-0.05, 0) is 38.1 Å². The van der Waals surface area contributed by atoms with Gasteiger partial charge in [0.05, 0.1) is 11.9 Å². The van der Waals surface area contributed by atoms with Crippen LogP contribution in [0.5, 0.6) is 5.88 Å². The predicted octanol–water partition coefficient (Wildman–Crippen LogP) is 2.33. The molecule has 0 spiro atoms. The zero-order chi connectivity index (χ0) is 17.2. The lowest BCUT2D eigenvalue weighted by atomic mass is 10.1. The molecule has 6 heteroatoms. The number of rotatable bonds is 4. The molecule has 1 aliphatic rings. The highest BCUT2D eigenvalue weighted by Crippen LogP contribution is 2.23. The first kappa shape index (κ1) is 16.1. The summed E-state index contributed by atoms with van der Waals surface area (Å²) >= 11 is 0. The van der Waals surface area contributed by atoms with Gasteiger partial charge < -0.3 is 15.4 Å². The first-order valence-corrected chi connectivity index (χ1v) is 8.72. The van der Waals surface area contributed by atoms with Gasteiger partial charge in [-0.1, -0.05) is 24.3 Å². The molecule has 3 aromatic rings. The number of aromatic nitrogens is 3. The summed E-state index contributed by atoms with van der Waals surface area (Å²) in [6.45, 7) is 2.62. The summed E-state index contributed by atoms with van der Waals surface area (Å²) in [6, 6.07) is 12.0. The first-order valence-electron chi connectivity index (χ1n) is 8.72. The number of likely N-dealkylation sites (N-methyl/N-ethyl adjacent to an activating group) is 1. The van der Waals surface area contributed by atoms with Gasteiger partial charge in [0.25, 0.3) is 0 Å². The Bertz CT molecular complexity index is 858. The Morgan fingerprint density at radius 2 is 2.04 bits per heavy atom. The smallest absolute Gasteiger partial charge is 0.232 e. The Hall–Kier alpha value is -2.44. The molecule has 6 nitrogen and oxygen atoms in total. The van der Waals surface area contributed by atoms with Crippen LogP contribution in [0.25, 0.3) is 16.9 Å². The molecular weight excluding hydrogens is 314 g/mol. The third kappa shape index (κ3) is 3.36. The molecule has 0 amide bonds. The van der Waals surface area contributed by atoms with Crippen molar-refractivity contribution in [2.45, 2.75) is 25.5 Å². The molecule has 130 valence electrons. The maximum absolute atomic E-state index is 6.11. The molecule has 25 heavy (non-hydrogen) atoms. The van der Waals surface area contributed by atoms with Crippen molar-refractivity contribution in [3.63, 3.8) is 0 Å². The maximum Gasteiger partial charge on any atom is 0.232 e. The first-order chi connectivity index (χ1) is 12.2. The second-order valence-electron chi connectivity index (χ2n) is 6.63. The number of likely N-dealkylation sites (tertiary alicyclic amines) is 1. The van der Waals surface area contributed by atoms with E-state index in [1.165, 1.54) is 0 Å². The molecule has 0 saturated carbocycles. The second kappa shape index (κ2) is 6.82. The molecule has 0 bridgehead atoms. The fraction of sp³-hybridized carbons (Fsp3) is 0.368. The summed E-state index contributed by atoms with van der Waals surface area (Å²) in [5, 5.41) is 4.66. The van der Waals surface area contributed by atoms with Crippen molar-refractivity contribution < 1.29 is 4.74 Å². The fourth-order valence-electron chi connectivity index (χ4n) is 3.31. The van der Waals surface area contributed by atoms with Gasteiger partial charge in [0.15, 0.2) is 5.65 Å². The topological polar surface area (TPSA) is 68.7 Å². The van der Waals surface area contributed by atoms with E-state index in [9.17, 15) is 0 Å². The summed E-state index contributed by atoms with van der Waals surface area (Å²) in [5.74, 6) is 0.644. The molecule has 0 radical (unpaired) electrons. The zero-order valence-corrected chi connectivity index (χ0v) is 14.4. The lowest BCUT2D eigenvalue weighted by Gasteiger charge is -2.29. The highest BCUT2D eigenvalue weighted by molar-refractivity contribution is 5.63. The molecule has 4 rings (SSSR count). The molecule has 2 aromatic heterocycles. The molecule has 3 heterocycles. The lowest BCUT2D eigenvalue weighted by molar-refractivity contribution is 0.0988. The number of piperidine rings is 1. The molecule has 1 aromatic carbocycles. The van der Waals surface area contributed by atoms with Gasteiger partial charge in [-0.3, -0.25) is 0 Å². The molecule has 1 atom stereocenters. The largest absolute Gasteiger partial charge is 0.472 e. The second-order valence-corrected chi connectivity index (χ2v) is 6.63. The van der Waals surface area contributed by atoms with Gasteiger partial charge in [0.2, 0.25) is 5.88 Å². The van der Waals surface area contributed by atoms with Crippen molar-refractivity contribution in [3.8, 4) is 17.1 Å². The highest BCUT2D eigenvalue weighted by Gasteiger charge is 2.19. The van der Waals surface area contributed by atoms with Crippen molar-refractivity contribution in [2.75, 3.05) is 20.1 Å². The Labute approximate surface area is 147 Å². The van der Waals surface area contributed by atoms with Crippen LogP contribution in [0.3, 0.4) is 0 Å². The van der Waals surface area contributed by atoms with E-state index in [1.54, 1.807) is 0 Å². The normalized spacial score (nSPS) is 18.6. The maximum atomic E-state index is 6.11. The van der Waals surface area contributed by atoms with Gasteiger partial charge in [-0.2, -0.15) is 0 Å². The average molecular weight is 337 g/mol. The minimum atomic E-state index is 0.194. The van der Waals surface area contributed by atoms with Gasteiger partial charge in [-0.15, -0.1) is 5.10 Å². The van der Waals surface area contributed by atoms with Gasteiger partial charge >= 0.3 is 0 Å². The van der Waals surface area contributed by atoms with Crippen LogP contribution in [0.15, 0.2) is 42.6 Å². The van der Waals surface area contributed by atoms with Crippen LogP contribution >= 0.6 is 0 Å². The van der Waals surface area contributed by atoms with E-state index < -0.39 is 0 Å². The van der Waals surface area contributed by atoms with Crippen LogP contribution in [0.2, 0.25) is 0 Å². The molecule has 1 unspecified atom stereocenters. The van der Waals surface area contributed by atoms with Gasteiger partial charge in [0.1, 0.15) is 6.10 Å². The number of imidazole rings is 1. The van der Waals surface area contributed by atoms with E-state index in [0.29, 0.717) is 12.4 Å². The predicted molar refractivity (Wildman–Crippen MR) is 97.5 cm³/mol. The molecular formula is C19H23N5O. The van der Waals surface area contributed by atoms with Crippen LogP contribution in [0.1, 0.15) is 18.4 Å². The van der Waals surface area contributed by atoms with Crippen molar-refractivity contribution in [1.29, 1.82) is 0 Å². The van der Waals surface area contributed by atoms with E-state index >= 15 is 0 Å². The van der Waals surface area contributed by atoms with E-state index in [1.807, 2.05) is 35.0 Å². The van der Waals surface area contributed by atoms with E-state index in [-0.39, 0.29) is 6.10 Å². The SMILES string of the molecule is CN1CCCC(Oc2ccc3ncc(-c4ccc(CN)cc4)n3n2)C1. The standard InChI is InChI=1S/C19H23N5O/c1-23-10-2-3-16(13-23)25-19-9-8-18-21-12-17(24(18)22-19)15-6-4-14(11-20)5-7-15/h4-9,12,16H,2-3,10-11,13,20H2,1H3. The van der Waals surface area contributed by atoms with E-state index in [2.05, 4.69) is 34.2 Å². The van der Waals surface area contributed by atoms with Crippen LogP contribution in [0, 0.1) is 0 Å². The number of nitrogens with two attached hydrogens (primary N) is 1. The monoisotopic (exact) mass is 337 g/mol. The molecule has 1 saturated heterocycles. The van der Waals surface area contributed by atoms with Gasteiger partial charge in [0, 0.05) is 24.7 Å². The van der Waals surface area contributed by atoms with Gasteiger partial charge in [-0.25, -0.2) is 9.50 Å². The number of hydrogen-bond acceptors (Lipinski definition) is 5. The number of ether oxygens (including phenoxy) is 1. The van der Waals surface area contributed by atoms with Crippen LogP contribution in [-0.4, -0.2) is 45.7 Å². The average Bonchev–Trinajstić information content (AvgIpc) is 3.05. The number of fused-ring (bicyclic) bond motifs is 1. The summed E-state index contributed by atoms with van der Waals surface area (Å²) in [6.07, 6.45) is 4.27. The van der Waals surface area contributed by atoms with Crippen LogP contribution < -0.4 is 10.5 Å². The quantitative estimate of drug-likeness (QED) is 0.791. The third-order valence-electron chi connectivity index (χ3n) is 4.69. The van der Waals surface area contributed by atoms with Crippen molar-refractivity contribution in [1.82, 2.24) is 19.5 Å². The minimum Gasteiger partial charge on any atom is -0.472 e. The summed E-state index contributed by atoms with van der Waals surface area (Å²) in [5.41, 5.74) is 9.61. The lowest BCUT2D eigenvalue weighted by Crippen LogP contribution is -2.38. The van der Waals surface area contributed by atoms with Crippen LogP contribution in [-0.2, 0) is 6.54 Å². The Kier molecular flexibility index (Phi) is 4.38. The molecule has 2 N–H and O–H groups in total. The van der Waals surface area contributed by atoms with Crippen molar-refractivity contribution in [3.05, 3.63) is 48.2 Å². The van der Waals surface area contributed by atoms with E-state index in [0.717, 1.165) is 48.4 Å². The Morgan fingerprint density at radius 1 is 1.20 bits per heavy atom. The van der Waals surface area contributed by atoms with E-state index in [4.69, 9.17) is 10.5 Å². The summed E-state index contributed by atoms with van der Waals surface area (Å²) in [4.78, 5) is 6.75. The Morgan fingerprint density at radius 3 is 2.80 bits per heavy atom. The van der Waals surface area contributed by atoms with Crippen LogP contribution in [0.4, 0.5) is 0 Å². The minimum absolute atomic E-state index is 0.194. The molecule has 0 aliphatic carbocycles. The zero-order valence-electron chi connectivity index (χ0n) is 14.4. The number of nitrogens with zero attached hydrogens (tertiary/aromatic N) is 4. The molecule has 1 fully saturated rings. The summed E-state index contributed by atoms with van der Waals surface area (Å²) in [7, 11) is 2.13. The highest BCUT2D eigenvalue weighted by atomic mass is 16.5. The van der Waals surface area contributed by atoms with Crippen molar-refractivity contribution in [2.24, 2.45) is 5.73 Å². The number of benzene rings is 1. The van der Waals surface area contributed by atoms with Crippen molar-refractivity contribution >= 4 is 5.65 Å².